The molecule has 0 atom stereocenters. The summed E-state index contributed by atoms with van der Waals surface area (Å²) in [6.07, 6.45) is 0. The lowest BCUT2D eigenvalue weighted by atomic mass is 10.1. The molecule has 98 valence electrons. The largest absolute Gasteiger partial charge is 0.496 e. The average Bonchev–Trinajstić information content (AvgIpc) is 2.38. The Kier molecular flexibility index (Phi) is 3.87. The molecule has 0 aliphatic rings. The fourth-order valence-corrected chi connectivity index (χ4v) is 1.96. The first kappa shape index (κ1) is 13.6. The second-order valence-corrected chi connectivity index (χ2v) is 4.43. The van der Waals surface area contributed by atoms with Crippen LogP contribution in [-0.4, -0.2) is 17.0 Å². The van der Waals surface area contributed by atoms with E-state index >= 15 is 0 Å². The van der Waals surface area contributed by atoms with Crippen LogP contribution < -0.4 is 4.74 Å². The molecule has 5 nitrogen and oxygen atoms in total. The van der Waals surface area contributed by atoms with Crippen molar-refractivity contribution >= 4 is 28.9 Å². The molecular weight excluding hydrogens is 291 g/mol. The van der Waals surface area contributed by atoms with Gasteiger partial charge in [-0.05, 0) is 24.3 Å². The van der Waals surface area contributed by atoms with Crippen LogP contribution >= 0.6 is 23.2 Å². The molecule has 0 saturated carbocycles. The minimum atomic E-state index is -0.529. The molecule has 0 radical (unpaired) electrons. The summed E-state index contributed by atoms with van der Waals surface area (Å²) in [6.45, 7) is 0. The first-order valence-electron chi connectivity index (χ1n) is 5.18. The van der Waals surface area contributed by atoms with Crippen molar-refractivity contribution in [2.24, 2.45) is 0 Å². The number of benzene rings is 1. The van der Waals surface area contributed by atoms with Crippen LogP contribution in [0, 0.1) is 10.1 Å². The van der Waals surface area contributed by atoms with Crippen LogP contribution in [0.4, 0.5) is 5.69 Å². The topological polar surface area (TPSA) is 65.3 Å². The van der Waals surface area contributed by atoms with Crippen molar-refractivity contribution in [3.63, 3.8) is 0 Å². The van der Waals surface area contributed by atoms with E-state index in [2.05, 4.69) is 4.98 Å². The maximum atomic E-state index is 11.0. The van der Waals surface area contributed by atoms with E-state index in [1.807, 2.05) is 0 Å². The van der Waals surface area contributed by atoms with Gasteiger partial charge >= 0.3 is 0 Å². The smallest absolute Gasteiger partial charge is 0.295 e. The highest BCUT2D eigenvalue weighted by molar-refractivity contribution is 6.31. The van der Waals surface area contributed by atoms with Crippen molar-refractivity contribution < 1.29 is 9.66 Å². The molecule has 0 fully saturated rings. The molecule has 0 spiro atoms. The summed E-state index contributed by atoms with van der Waals surface area (Å²) in [6, 6.07) is 7.45. The number of hydrogen-bond acceptors (Lipinski definition) is 4. The number of pyridine rings is 1. The minimum absolute atomic E-state index is 0.122. The normalized spacial score (nSPS) is 10.3. The van der Waals surface area contributed by atoms with Gasteiger partial charge in [0, 0.05) is 11.1 Å². The highest BCUT2D eigenvalue weighted by atomic mass is 35.5. The third-order valence-electron chi connectivity index (χ3n) is 2.45. The summed E-state index contributed by atoms with van der Waals surface area (Å²) in [5.74, 6) is 0.433. The second kappa shape index (κ2) is 5.42. The Morgan fingerprint density at radius 3 is 2.63 bits per heavy atom. The summed E-state index contributed by atoms with van der Waals surface area (Å²) in [4.78, 5) is 14.5. The Morgan fingerprint density at radius 2 is 2.00 bits per heavy atom. The van der Waals surface area contributed by atoms with E-state index < -0.39 is 4.92 Å². The summed E-state index contributed by atoms with van der Waals surface area (Å²) in [5, 5.41) is 11.6. The van der Waals surface area contributed by atoms with E-state index in [9.17, 15) is 10.1 Å². The number of nitro groups is 1. The molecule has 0 N–H and O–H groups in total. The molecular formula is C12H8Cl2N2O3. The molecule has 0 aliphatic carbocycles. The monoisotopic (exact) mass is 298 g/mol. The van der Waals surface area contributed by atoms with Crippen LogP contribution in [0.3, 0.4) is 0 Å². The van der Waals surface area contributed by atoms with Gasteiger partial charge in [0.15, 0.2) is 5.69 Å². The van der Waals surface area contributed by atoms with Crippen LogP contribution in [-0.2, 0) is 0 Å². The fourth-order valence-electron chi connectivity index (χ4n) is 1.64. The molecule has 0 amide bonds. The molecule has 2 aromatic rings. The quantitative estimate of drug-likeness (QED) is 0.488. The van der Waals surface area contributed by atoms with Crippen LogP contribution in [0.15, 0.2) is 30.3 Å². The first-order chi connectivity index (χ1) is 9.02. The highest BCUT2D eigenvalue weighted by Gasteiger charge is 2.20. The van der Waals surface area contributed by atoms with Gasteiger partial charge in [-0.1, -0.05) is 23.2 Å². The van der Waals surface area contributed by atoms with E-state index in [4.69, 9.17) is 27.9 Å². The van der Waals surface area contributed by atoms with E-state index in [1.165, 1.54) is 19.2 Å². The number of ether oxygens (including phenoxy) is 1. The van der Waals surface area contributed by atoms with Gasteiger partial charge in [-0.3, -0.25) is 10.1 Å². The van der Waals surface area contributed by atoms with Crippen LogP contribution in [0.1, 0.15) is 0 Å². The van der Waals surface area contributed by atoms with E-state index in [0.29, 0.717) is 16.3 Å². The molecule has 1 aromatic heterocycles. The van der Waals surface area contributed by atoms with Gasteiger partial charge in [0.25, 0.3) is 5.69 Å². The van der Waals surface area contributed by atoms with Crippen LogP contribution in [0.5, 0.6) is 5.75 Å². The predicted molar refractivity (Wildman–Crippen MR) is 72.9 cm³/mol. The molecule has 0 aliphatic heterocycles. The van der Waals surface area contributed by atoms with Gasteiger partial charge < -0.3 is 4.74 Å². The standard InChI is InChI=1S/C12H8Cl2N2O3/c1-19-10-4-2-7(13)6-8(10)12-9(16(17)18)3-5-11(14)15-12/h2-6H,1H3. The number of rotatable bonds is 3. The van der Waals surface area contributed by atoms with Crippen molar-refractivity contribution in [3.05, 3.63) is 50.6 Å². The first-order valence-corrected chi connectivity index (χ1v) is 5.93. The summed E-state index contributed by atoms with van der Waals surface area (Å²) in [5.41, 5.74) is 0.381. The Morgan fingerprint density at radius 1 is 1.26 bits per heavy atom. The molecule has 2 rings (SSSR count). The molecule has 19 heavy (non-hydrogen) atoms. The minimum Gasteiger partial charge on any atom is -0.496 e. The van der Waals surface area contributed by atoms with Gasteiger partial charge in [-0.25, -0.2) is 4.98 Å². The van der Waals surface area contributed by atoms with E-state index in [1.54, 1.807) is 18.2 Å². The van der Waals surface area contributed by atoms with Gasteiger partial charge in [0.2, 0.25) is 0 Å². The predicted octanol–water partition coefficient (Wildman–Crippen LogP) is 3.97. The molecule has 1 heterocycles. The summed E-state index contributed by atoms with van der Waals surface area (Å²) in [7, 11) is 1.46. The summed E-state index contributed by atoms with van der Waals surface area (Å²) >= 11 is 11.7. The van der Waals surface area contributed by atoms with Crippen molar-refractivity contribution in [2.75, 3.05) is 7.11 Å². The zero-order chi connectivity index (χ0) is 14.0. The van der Waals surface area contributed by atoms with Gasteiger partial charge in [0.05, 0.1) is 17.6 Å². The Hall–Kier alpha value is -1.85. The van der Waals surface area contributed by atoms with Crippen LogP contribution in [0.2, 0.25) is 10.2 Å². The number of halogens is 2. The van der Waals surface area contributed by atoms with Crippen molar-refractivity contribution in [2.45, 2.75) is 0 Å². The number of aromatic nitrogens is 1. The third-order valence-corrected chi connectivity index (χ3v) is 2.90. The zero-order valence-corrected chi connectivity index (χ0v) is 11.3. The lowest BCUT2D eigenvalue weighted by Crippen LogP contribution is -1.97. The molecule has 0 saturated heterocycles. The van der Waals surface area contributed by atoms with Crippen molar-refractivity contribution in [3.8, 4) is 17.0 Å². The molecule has 0 bridgehead atoms. The number of hydrogen-bond donors (Lipinski definition) is 0. The average molecular weight is 299 g/mol. The Labute approximate surface area is 118 Å². The van der Waals surface area contributed by atoms with Gasteiger partial charge in [-0.2, -0.15) is 0 Å². The second-order valence-electron chi connectivity index (χ2n) is 3.60. The number of nitrogens with zero attached hydrogens (tertiary/aromatic N) is 2. The lowest BCUT2D eigenvalue weighted by molar-refractivity contribution is -0.384. The fraction of sp³-hybridized carbons (Fsp3) is 0.0833. The van der Waals surface area contributed by atoms with E-state index in [-0.39, 0.29) is 16.5 Å². The lowest BCUT2D eigenvalue weighted by Gasteiger charge is -2.09. The Bertz CT molecular complexity index is 647. The van der Waals surface area contributed by atoms with Crippen molar-refractivity contribution in [1.82, 2.24) is 4.98 Å². The van der Waals surface area contributed by atoms with Gasteiger partial charge in [0.1, 0.15) is 10.9 Å². The van der Waals surface area contributed by atoms with E-state index in [0.717, 1.165) is 0 Å². The van der Waals surface area contributed by atoms with Crippen LogP contribution in [0.25, 0.3) is 11.3 Å². The zero-order valence-electron chi connectivity index (χ0n) is 9.76. The summed E-state index contributed by atoms with van der Waals surface area (Å²) < 4.78 is 5.17. The number of methoxy groups -OCH3 is 1. The molecule has 0 unspecified atom stereocenters. The molecule has 7 heteroatoms. The maximum absolute atomic E-state index is 11.0. The maximum Gasteiger partial charge on any atom is 0.295 e. The van der Waals surface area contributed by atoms with Crippen molar-refractivity contribution in [1.29, 1.82) is 0 Å². The van der Waals surface area contributed by atoms with Gasteiger partial charge in [-0.15, -0.1) is 0 Å². The highest BCUT2D eigenvalue weighted by Crippen LogP contribution is 2.37. The third kappa shape index (κ3) is 2.77. The SMILES string of the molecule is COc1ccc(Cl)cc1-c1nc(Cl)ccc1[N+](=O)[O-]. The Balaban J connectivity index is 2.73. The molecule has 1 aromatic carbocycles.